The van der Waals surface area contributed by atoms with Crippen LogP contribution in [0.5, 0.6) is 0 Å². The van der Waals surface area contributed by atoms with Gasteiger partial charge < -0.3 is 10.2 Å². The molecule has 0 spiro atoms. The number of nitrogens with zero attached hydrogens (tertiary/aromatic N) is 3. The van der Waals surface area contributed by atoms with Gasteiger partial charge in [0.25, 0.3) is 0 Å². The number of piperazine rings is 1. The maximum absolute atomic E-state index is 12.8. The molecule has 1 saturated heterocycles. The predicted octanol–water partition coefficient (Wildman–Crippen LogP) is 3.50. The Hall–Kier alpha value is -1.43. The summed E-state index contributed by atoms with van der Waals surface area (Å²) in [5, 5.41) is 3.02. The topological polar surface area (TPSA) is 65.0 Å². The van der Waals surface area contributed by atoms with E-state index >= 15 is 0 Å². The SMILES string of the molecule is O=C1NC(CCC(=O)N2CCN(C3CCCCC3)CC2)=NC2CCCCCCCC12. The highest BCUT2D eigenvalue weighted by atomic mass is 16.2. The van der Waals surface area contributed by atoms with Gasteiger partial charge in [-0.25, -0.2) is 0 Å². The number of carbonyl (C=O) groups excluding carboxylic acids is 2. The van der Waals surface area contributed by atoms with Crippen molar-refractivity contribution in [2.24, 2.45) is 10.9 Å². The number of aliphatic imine (C=N–C) groups is 1. The molecule has 2 saturated carbocycles. The number of amidine groups is 1. The highest BCUT2D eigenvalue weighted by Gasteiger charge is 2.33. The van der Waals surface area contributed by atoms with Crippen molar-refractivity contribution in [2.45, 2.75) is 102 Å². The van der Waals surface area contributed by atoms with Gasteiger partial charge in [0.15, 0.2) is 0 Å². The molecule has 30 heavy (non-hydrogen) atoms. The van der Waals surface area contributed by atoms with E-state index in [2.05, 4.69) is 10.2 Å². The fraction of sp³-hybridized carbons (Fsp3) is 0.875. The fourth-order valence-corrected chi connectivity index (χ4v) is 5.86. The molecule has 3 fully saturated rings. The summed E-state index contributed by atoms with van der Waals surface area (Å²) in [6, 6.07) is 0.865. The van der Waals surface area contributed by atoms with E-state index < -0.39 is 0 Å². The van der Waals surface area contributed by atoms with Gasteiger partial charge in [-0.1, -0.05) is 51.4 Å². The van der Waals surface area contributed by atoms with Crippen molar-refractivity contribution in [1.29, 1.82) is 0 Å². The Kier molecular flexibility index (Phi) is 7.80. The number of carbonyl (C=O) groups is 2. The van der Waals surface area contributed by atoms with Crippen LogP contribution < -0.4 is 5.32 Å². The van der Waals surface area contributed by atoms with E-state index in [0.717, 1.165) is 63.7 Å². The molecule has 0 aromatic rings. The molecule has 2 unspecified atom stereocenters. The molecule has 168 valence electrons. The zero-order valence-corrected chi connectivity index (χ0v) is 18.6. The van der Waals surface area contributed by atoms with Gasteiger partial charge in [-0.2, -0.15) is 0 Å². The standard InChI is InChI=1S/C24H40N4O2/c29-23(28-17-15-27(16-18-28)19-9-5-4-6-10-19)14-13-22-25-21-12-8-3-1-2-7-11-20(21)24(30)26-22/h19-21H,1-18H2,(H,25,26,30). The third-order valence-electron chi connectivity index (χ3n) is 7.74. The van der Waals surface area contributed by atoms with Crippen LogP contribution in [0, 0.1) is 5.92 Å². The molecule has 0 aromatic heterocycles. The second-order valence-corrected chi connectivity index (χ2v) is 9.79. The average molecular weight is 417 g/mol. The molecular formula is C24H40N4O2. The summed E-state index contributed by atoms with van der Waals surface area (Å²) in [4.78, 5) is 34.9. The van der Waals surface area contributed by atoms with Crippen LogP contribution >= 0.6 is 0 Å². The molecule has 2 heterocycles. The van der Waals surface area contributed by atoms with Gasteiger partial charge in [-0.15, -0.1) is 0 Å². The van der Waals surface area contributed by atoms with Crippen molar-refractivity contribution in [3.8, 4) is 0 Å². The number of amides is 2. The number of fused-ring (bicyclic) bond motifs is 1. The van der Waals surface area contributed by atoms with Crippen LogP contribution in [-0.2, 0) is 9.59 Å². The van der Waals surface area contributed by atoms with Crippen molar-refractivity contribution in [1.82, 2.24) is 15.1 Å². The Bertz CT molecular complexity index is 621. The molecule has 4 rings (SSSR count). The second kappa shape index (κ2) is 10.7. The van der Waals surface area contributed by atoms with Gasteiger partial charge in [0.2, 0.25) is 11.8 Å². The molecule has 2 aliphatic heterocycles. The third-order valence-corrected chi connectivity index (χ3v) is 7.74. The van der Waals surface area contributed by atoms with E-state index in [1.165, 1.54) is 51.4 Å². The minimum atomic E-state index is 0.0374. The van der Waals surface area contributed by atoms with Gasteiger partial charge in [-0.05, 0) is 25.7 Å². The van der Waals surface area contributed by atoms with Crippen molar-refractivity contribution in [3.05, 3.63) is 0 Å². The van der Waals surface area contributed by atoms with Crippen molar-refractivity contribution in [3.63, 3.8) is 0 Å². The summed E-state index contributed by atoms with van der Waals surface area (Å²) in [6.45, 7) is 3.72. The second-order valence-electron chi connectivity index (χ2n) is 9.79. The van der Waals surface area contributed by atoms with Gasteiger partial charge in [-0.3, -0.25) is 19.5 Å². The zero-order chi connectivity index (χ0) is 20.8. The Morgan fingerprint density at radius 1 is 0.867 bits per heavy atom. The predicted molar refractivity (Wildman–Crippen MR) is 119 cm³/mol. The van der Waals surface area contributed by atoms with Crippen LogP contribution in [-0.4, -0.2) is 65.7 Å². The molecule has 0 bridgehead atoms. The molecule has 2 amide bonds. The third kappa shape index (κ3) is 5.63. The number of nitrogens with one attached hydrogen (secondary N) is 1. The average Bonchev–Trinajstić information content (AvgIpc) is 2.90. The highest BCUT2D eigenvalue weighted by molar-refractivity contribution is 6.02. The lowest BCUT2D eigenvalue weighted by atomic mass is 9.89. The van der Waals surface area contributed by atoms with Crippen molar-refractivity contribution in [2.75, 3.05) is 26.2 Å². The first-order valence-electron chi connectivity index (χ1n) is 12.6. The number of hydrogen-bond donors (Lipinski definition) is 1. The van der Waals surface area contributed by atoms with Crippen LogP contribution in [0.1, 0.15) is 89.9 Å². The molecule has 0 radical (unpaired) electrons. The zero-order valence-electron chi connectivity index (χ0n) is 18.6. The minimum absolute atomic E-state index is 0.0374. The Balaban J connectivity index is 1.25. The van der Waals surface area contributed by atoms with E-state index in [0.29, 0.717) is 12.8 Å². The fourth-order valence-electron chi connectivity index (χ4n) is 5.86. The lowest BCUT2D eigenvalue weighted by Gasteiger charge is -2.40. The first-order valence-corrected chi connectivity index (χ1v) is 12.6. The van der Waals surface area contributed by atoms with Gasteiger partial charge in [0.05, 0.1) is 12.0 Å². The molecule has 4 aliphatic rings. The maximum atomic E-state index is 12.8. The largest absolute Gasteiger partial charge is 0.340 e. The van der Waals surface area contributed by atoms with Crippen LogP contribution in [0.25, 0.3) is 0 Å². The molecular weight excluding hydrogens is 376 g/mol. The summed E-state index contributed by atoms with van der Waals surface area (Å²) in [5.41, 5.74) is 0. The first kappa shape index (κ1) is 21.8. The lowest BCUT2D eigenvalue weighted by Crippen LogP contribution is -2.52. The Morgan fingerprint density at radius 3 is 2.27 bits per heavy atom. The van der Waals surface area contributed by atoms with E-state index in [1.54, 1.807) is 0 Å². The normalized spacial score (nSPS) is 29.8. The Morgan fingerprint density at radius 2 is 1.50 bits per heavy atom. The number of rotatable bonds is 4. The van der Waals surface area contributed by atoms with Crippen molar-refractivity contribution >= 4 is 17.6 Å². The summed E-state index contributed by atoms with van der Waals surface area (Å²) in [6.07, 6.45) is 15.8. The summed E-state index contributed by atoms with van der Waals surface area (Å²) in [5.74, 6) is 1.14. The van der Waals surface area contributed by atoms with Crippen molar-refractivity contribution < 1.29 is 9.59 Å². The summed E-state index contributed by atoms with van der Waals surface area (Å²) in [7, 11) is 0. The van der Waals surface area contributed by atoms with E-state index in [-0.39, 0.29) is 23.8 Å². The molecule has 1 N–H and O–H groups in total. The molecule has 6 heteroatoms. The summed E-state index contributed by atoms with van der Waals surface area (Å²) < 4.78 is 0. The van der Waals surface area contributed by atoms with Crippen LogP contribution in [0.4, 0.5) is 0 Å². The van der Waals surface area contributed by atoms with Crippen LogP contribution in [0.2, 0.25) is 0 Å². The van der Waals surface area contributed by atoms with E-state index in [1.807, 2.05) is 4.90 Å². The minimum Gasteiger partial charge on any atom is -0.340 e. The molecule has 0 aromatic carbocycles. The monoisotopic (exact) mass is 416 g/mol. The maximum Gasteiger partial charge on any atom is 0.230 e. The summed E-state index contributed by atoms with van der Waals surface area (Å²) >= 11 is 0. The van der Waals surface area contributed by atoms with Gasteiger partial charge in [0, 0.05) is 45.1 Å². The molecule has 2 atom stereocenters. The van der Waals surface area contributed by atoms with Crippen LogP contribution in [0.15, 0.2) is 4.99 Å². The lowest BCUT2D eigenvalue weighted by molar-refractivity contribution is -0.133. The number of hydrogen-bond acceptors (Lipinski definition) is 4. The molecule has 2 aliphatic carbocycles. The smallest absolute Gasteiger partial charge is 0.230 e. The first-order chi connectivity index (χ1) is 14.7. The molecule has 6 nitrogen and oxygen atoms in total. The quantitative estimate of drug-likeness (QED) is 0.763. The van der Waals surface area contributed by atoms with E-state index in [4.69, 9.17) is 4.99 Å². The van der Waals surface area contributed by atoms with Crippen LogP contribution in [0.3, 0.4) is 0 Å². The van der Waals surface area contributed by atoms with Gasteiger partial charge >= 0.3 is 0 Å². The Labute approximate surface area is 181 Å². The highest BCUT2D eigenvalue weighted by Crippen LogP contribution is 2.27. The van der Waals surface area contributed by atoms with E-state index in [9.17, 15) is 9.59 Å². The van der Waals surface area contributed by atoms with Gasteiger partial charge in [0.1, 0.15) is 5.84 Å².